The summed E-state index contributed by atoms with van der Waals surface area (Å²) < 4.78 is 46.1. The van der Waals surface area contributed by atoms with Crippen molar-refractivity contribution in [1.82, 2.24) is 15.0 Å². The molecule has 0 saturated heterocycles. The van der Waals surface area contributed by atoms with Crippen molar-refractivity contribution in [2.24, 2.45) is 0 Å². The van der Waals surface area contributed by atoms with Crippen LogP contribution in [0.4, 0.5) is 35.2 Å². The van der Waals surface area contributed by atoms with Crippen molar-refractivity contribution >= 4 is 34.8 Å². The molecule has 5 rings (SSSR count). The lowest BCUT2D eigenvalue weighted by Gasteiger charge is -2.16. The summed E-state index contributed by atoms with van der Waals surface area (Å²) >= 11 is 6.02. The molecule has 0 unspecified atom stereocenters. The fraction of sp³-hybridized carbons (Fsp3) is 0.0968. The van der Waals surface area contributed by atoms with E-state index >= 15 is 0 Å². The number of carbonyl (C=O) groups excluding carboxylic acids is 1. The van der Waals surface area contributed by atoms with E-state index in [1.54, 1.807) is 36.4 Å². The molecule has 5 aromatic rings. The summed E-state index contributed by atoms with van der Waals surface area (Å²) in [5.74, 6) is 0.781. The third-order valence-electron chi connectivity index (χ3n) is 6.39. The second kappa shape index (κ2) is 12.4. The van der Waals surface area contributed by atoms with Crippen molar-refractivity contribution < 1.29 is 22.7 Å². The number of rotatable bonds is 7. The predicted molar refractivity (Wildman–Crippen MR) is 160 cm³/mol. The van der Waals surface area contributed by atoms with Gasteiger partial charge in [0.2, 0.25) is 0 Å². The molecule has 3 aromatic carbocycles. The molecule has 0 aliphatic rings. The summed E-state index contributed by atoms with van der Waals surface area (Å²) in [5.41, 5.74) is 8.84. The SMILES string of the molecule is CCc1cccc(-c2ccc(C(F)(F)F)cc2NC(=O)Nc2cnc(Oc3ccc(-c4cc(Cl)cnc4N)cc3)nc2)c1. The number of nitrogen functional groups attached to an aromatic ring is 1. The number of hydrogen-bond donors (Lipinski definition) is 3. The molecule has 0 atom stereocenters. The van der Waals surface area contributed by atoms with E-state index < -0.39 is 17.8 Å². The Morgan fingerprint density at radius 3 is 2.33 bits per heavy atom. The van der Waals surface area contributed by atoms with E-state index in [1.165, 1.54) is 24.7 Å². The number of pyridine rings is 1. The molecule has 2 amide bonds. The van der Waals surface area contributed by atoms with Crippen molar-refractivity contribution in [3.63, 3.8) is 0 Å². The Balaban J connectivity index is 1.27. The van der Waals surface area contributed by atoms with Gasteiger partial charge in [-0.2, -0.15) is 13.2 Å². The molecule has 0 saturated carbocycles. The van der Waals surface area contributed by atoms with Gasteiger partial charge in [0.15, 0.2) is 0 Å². The van der Waals surface area contributed by atoms with E-state index in [9.17, 15) is 18.0 Å². The summed E-state index contributed by atoms with van der Waals surface area (Å²) in [6.45, 7) is 1.98. The lowest BCUT2D eigenvalue weighted by molar-refractivity contribution is -0.137. The van der Waals surface area contributed by atoms with E-state index in [1.807, 2.05) is 25.1 Å². The normalized spacial score (nSPS) is 11.2. The van der Waals surface area contributed by atoms with Gasteiger partial charge in [0.05, 0.1) is 34.4 Å². The number of hydrogen-bond acceptors (Lipinski definition) is 6. The molecule has 4 N–H and O–H groups in total. The molecule has 43 heavy (non-hydrogen) atoms. The minimum atomic E-state index is -4.58. The zero-order valence-electron chi connectivity index (χ0n) is 22.6. The maximum Gasteiger partial charge on any atom is 0.416 e. The van der Waals surface area contributed by atoms with Gasteiger partial charge in [-0.3, -0.25) is 0 Å². The standard InChI is InChI=1S/C31H24ClF3N6O2/c1-2-18-4-3-5-20(12-18)25-11-8-21(31(33,34)35)13-27(25)41-29(42)40-23-16-38-30(39-17-23)43-24-9-6-19(7-10-24)26-14-22(32)15-37-28(26)36/h3-17H,2H2,1H3,(H2,36,37)(H2,40,41,42). The highest BCUT2D eigenvalue weighted by atomic mass is 35.5. The lowest BCUT2D eigenvalue weighted by Crippen LogP contribution is -2.20. The van der Waals surface area contributed by atoms with Crippen LogP contribution in [0.15, 0.2) is 91.4 Å². The third-order valence-corrected chi connectivity index (χ3v) is 6.59. The molecule has 0 radical (unpaired) electrons. The molecule has 0 spiro atoms. The molecule has 2 heterocycles. The topological polar surface area (TPSA) is 115 Å². The fourth-order valence-electron chi connectivity index (χ4n) is 4.24. The Kier molecular flexibility index (Phi) is 8.44. The van der Waals surface area contributed by atoms with Crippen LogP contribution in [-0.4, -0.2) is 21.0 Å². The highest BCUT2D eigenvalue weighted by Crippen LogP contribution is 2.36. The van der Waals surface area contributed by atoms with Crippen LogP contribution in [0.3, 0.4) is 0 Å². The van der Waals surface area contributed by atoms with Gasteiger partial charge in [-0.1, -0.05) is 61.0 Å². The average molecular weight is 605 g/mol. The van der Waals surface area contributed by atoms with E-state index in [0.29, 0.717) is 33.3 Å². The summed E-state index contributed by atoms with van der Waals surface area (Å²) in [6, 6.07) is 18.5. The van der Waals surface area contributed by atoms with Crippen LogP contribution < -0.4 is 21.1 Å². The maximum absolute atomic E-state index is 13.5. The van der Waals surface area contributed by atoms with Crippen LogP contribution in [0.1, 0.15) is 18.1 Å². The number of anilines is 3. The molecule has 2 aromatic heterocycles. The number of amides is 2. The first kappa shape index (κ1) is 29.3. The van der Waals surface area contributed by atoms with E-state index in [-0.39, 0.29) is 17.4 Å². The molecular weight excluding hydrogens is 581 g/mol. The van der Waals surface area contributed by atoms with Gasteiger partial charge in [0, 0.05) is 17.3 Å². The number of carbonyl (C=O) groups is 1. The van der Waals surface area contributed by atoms with Crippen LogP contribution in [0.5, 0.6) is 11.8 Å². The van der Waals surface area contributed by atoms with Crippen molar-refractivity contribution in [3.05, 3.63) is 108 Å². The molecule has 0 aliphatic heterocycles. The Morgan fingerprint density at radius 1 is 0.884 bits per heavy atom. The van der Waals surface area contributed by atoms with Crippen LogP contribution in [-0.2, 0) is 12.6 Å². The zero-order chi connectivity index (χ0) is 30.6. The number of nitrogens with one attached hydrogen (secondary N) is 2. The Labute approximate surface area is 249 Å². The largest absolute Gasteiger partial charge is 0.424 e. The lowest BCUT2D eigenvalue weighted by atomic mass is 9.98. The number of halogens is 4. The van der Waals surface area contributed by atoms with Crippen molar-refractivity contribution in [3.8, 4) is 34.0 Å². The average Bonchev–Trinajstić information content (AvgIpc) is 2.99. The third kappa shape index (κ3) is 7.19. The quantitative estimate of drug-likeness (QED) is 0.172. The summed E-state index contributed by atoms with van der Waals surface area (Å²) in [5, 5.41) is 5.52. The monoisotopic (exact) mass is 604 g/mol. The van der Waals surface area contributed by atoms with Gasteiger partial charge in [0.25, 0.3) is 0 Å². The number of aromatic nitrogens is 3. The van der Waals surface area contributed by atoms with Crippen LogP contribution in [0, 0.1) is 0 Å². The van der Waals surface area contributed by atoms with Gasteiger partial charge in [-0.05, 0) is 53.4 Å². The molecular formula is C31H24ClF3N6O2. The molecule has 0 bridgehead atoms. The number of benzene rings is 3. The second-order valence-electron chi connectivity index (χ2n) is 9.36. The zero-order valence-corrected chi connectivity index (χ0v) is 23.4. The predicted octanol–water partition coefficient (Wildman–Crippen LogP) is 8.46. The smallest absolute Gasteiger partial charge is 0.416 e. The Hall–Kier alpha value is -5.16. The molecule has 218 valence electrons. The summed E-state index contributed by atoms with van der Waals surface area (Å²) in [6.07, 6.45) is 0.254. The van der Waals surface area contributed by atoms with Crippen LogP contribution >= 0.6 is 11.6 Å². The Morgan fingerprint density at radius 2 is 1.63 bits per heavy atom. The van der Waals surface area contributed by atoms with E-state index in [4.69, 9.17) is 22.1 Å². The molecule has 0 fully saturated rings. The van der Waals surface area contributed by atoms with Gasteiger partial charge in [-0.15, -0.1) is 0 Å². The Bertz CT molecular complexity index is 1760. The van der Waals surface area contributed by atoms with Crippen LogP contribution in [0.25, 0.3) is 22.3 Å². The minimum absolute atomic E-state index is 0.000193. The number of alkyl halides is 3. The van der Waals surface area contributed by atoms with E-state index in [2.05, 4.69) is 25.6 Å². The van der Waals surface area contributed by atoms with Crippen LogP contribution in [0.2, 0.25) is 5.02 Å². The maximum atomic E-state index is 13.5. The van der Waals surface area contributed by atoms with Crippen molar-refractivity contribution in [1.29, 1.82) is 0 Å². The highest BCUT2D eigenvalue weighted by Gasteiger charge is 2.31. The van der Waals surface area contributed by atoms with Gasteiger partial charge in [-0.25, -0.2) is 19.7 Å². The fourth-order valence-corrected chi connectivity index (χ4v) is 4.40. The first-order valence-electron chi connectivity index (χ1n) is 13.0. The van der Waals surface area contributed by atoms with Gasteiger partial charge >= 0.3 is 18.2 Å². The molecule has 8 nitrogen and oxygen atoms in total. The minimum Gasteiger partial charge on any atom is -0.424 e. The summed E-state index contributed by atoms with van der Waals surface area (Å²) in [7, 11) is 0. The number of nitrogens with two attached hydrogens (primary N) is 1. The van der Waals surface area contributed by atoms with Gasteiger partial charge in [0.1, 0.15) is 11.6 Å². The number of aryl methyl sites for hydroxylation is 1. The van der Waals surface area contributed by atoms with Gasteiger partial charge < -0.3 is 21.1 Å². The number of nitrogens with zero attached hydrogens (tertiary/aromatic N) is 3. The molecule has 12 heteroatoms. The van der Waals surface area contributed by atoms with Crippen molar-refractivity contribution in [2.75, 3.05) is 16.4 Å². The second-order valence-corrected chi connectivity index (χ2v) is 9.79. The highest BCUT2D eigenvalue weighted by molar-refractivity contribution is 6.30. The summed E-state index contributed by atoms with van der Waals surface area (Å²) in [4.78, 5) is 25.1. The first-order chi connectivity index (χ1) is 20.6. The number of urea groups is 1. The number of ether oxygens (including phenoxy) is 1. The van der Waals surface area contributed by atoms with Crippen molar-refractivity contribution in [2.45, 2.75) is 19.5 Å². The first-order valence-corrected chi connectivity index (χ1v) is 13.4. The van der Waals surface area contributed by atoms with E-state index in [0.717, 1.165) is 29.7 Å². The molecule has 0 aliphatic carbocycles.